The number of amides is 1. The molecule has 1 aromatic rings. The highest BCUT2D eigenvalue weighted by molar-refractivity contribution is 5.94. The van der Waals surface area contributed by atoms with E-state index in [1.807, 2.05) is 0 Å². The Morgan fingerprint density at radius 2 is 1.95 bits per heavy atom. The Kier molecular flexibility index (Phi) is 5.39. The van der Waals surface area contributed by atoms with Gasteiger partial charge in [0.1, 0.15) is 11.5 Å². The van der Waals surface area contributed by atoms with E-state index in [0.29, 0.717) is 17.2 Å². The molecule has 2 rings (SSSR count). The van der Waals surface area contributed by atoms with E-state index >= 15 is 0 Å². The first-order valence-corrected chi connectivity index (χ1v) is 7.54. The van der Waals surface area contributed by atoms with Crippen LogP contribution in [0.1, 0.15) is 35.7 Å². The first-order valence-electron chi connectivity index (χ1n) is 7.54. The second-order valence-corrected chi connectivity index (χ2v) is 6.13. The Morgan fingerprint density at radius 1 is 1.33 bits per heavy atom. The lowest BCUT2D eigenvalue weighted by atomic mass is 10.2. The molecule has 0 saturated carbocycles. The van der Waals surface area contributed by atoms with Crippen molar-refractivity contribution in [1.29, 1.82) is 0 Å². The van der Waals surface area contributed by atoms with Gasteiger partial charge in [0.15, 0.2) is 0 Å². The molecular formula is C15H26N4O2. The van der Waals surface area contributed by atoms with Gasteiger partial charge in [-0.3, -0.25) is 15.1 Å². The standard InChI is InChI=1S/C15H26N4O2/c1-11(2)9-18-4-6-19(7-5-18)10-13-8-14(12(3)21-13)15(20)17-16/h8,11H,4-7,9-10,16H2,1-3H3,(H,17,20). The average Bonchev–Trinajstić information content (AvgIpc) is 2.80. The van der Waals surface area contributed by atoms with E-state index in [-0.39, 0.29) is 5.91 Å². The molecule has 21 heavy (non-hydrogen) atoms. The zero-order valence-electron chi connectivity index (χ0n) is 13.2. The maximum absolute atomic E-state index is 11.6. The molecule has 0 atom stereocenters. The van der Waals surface area contributed by atoms with Crippen molar-refractivity contribution in [3.8, 4) is 0 Å². The summed E-state index contributed by atoms with van der Waals surface area (Å²) in [4.78, 5) is 16.4. The van der Waals surface area contributed by atoms with Crippen LogP contribution in [0, 0.1) is 12.8 Å². The van der Waals surface area contributed by atoms with Crippen LogP contribution in [0.4, 0.5) is 0 Å². The first kappa shape index (κ1) is 16.0. The summed E-state index contributed by atoms with van der Waals surface area (Å²) in [5, 5.41) is 0. The van der Waals surface area contributed by atoms with Crippen LogP contribution < -0.4 is 11.3 Å². The number of nitrogen functional groups attached to an aromatic ring is 1. The summed E-state index contributed by atoms with van der Waals surface area (Å²) in [6.45, 7) is 12.4. The third-order valence-corrected chi connectivity index (χ3v) is 3.81. The van der Waals surface area contributed by atoms with Crippen LogP contribution in [-0.2, 0) is 6.54 Å². The Labute approximate surface area is 126 Å². The van der Waals surface area contributed by atoms with Crippen molar-refractivity contribution in [1.82, 2.24) is 15.2 Å². The van der Waals surface area contributed by atoms with Crippen molar-refractivity contribution < 1.29 is 9.21 Å². The number of nitrogens with one attached hydrogen (secondary N) is 1. The summed E-state index contributed by atoms with van der Waals surface area (Å²) in [5.74, 6) is 7.01. The highest BCUT2D eigenvalue weighted by Crippen LogP contribution is 2.17. The van der Waals surface area contributed by atoms with Gasteiger partial charge < -0.3 is 9.32 Å². The third-order valence-electron chi connectivity index (χ3n) is 3.81. The molecular weight excluding hydrogens is 268 g/mol. The largest absolute Gasteiger partial charge is 0.464 e. The number of hydrazine groups is 1. The molecule has 0 bridgehead atoms. The van der Waals surface area contributed by atoms with Gasteiger partial charge in [-0.05, 0) is 18.9 Å². The molecule has 1 saturated heterocycles. The Morgan fingerprint density at radius 3 is 2.52 bits per heavy atom. The SMILES string of the molecule is Cc1oc(CN2CCN(CC(C)C)CC2)cc1C(=O)NN. The fourth-order valence-electron chi connectivity index (χ4n) is 2.79. The first-order chi connectivity index (χ1) is 9.99. The van der Waals surface area contributed by atoms with Gasteiger partial charge in [0, 0.05) is 32.7 Å². The van der Waals surface area contributed by atoms with Crippen LogP contribution in [0.25, 0.3) is 0 Å². The van der Waals surface area contributed by atoms with E-state index in [1.165, 1.54) is 0 Å². The molecule has 118 valence electrons. The maximum atomic E-state index is 11.6. The molecule has 1 aliphatic rings. The molecule has 0 unspecified atom stereocenters. The number of nitrogens with two attached hydrogens (primary N) is 1. The van der Waals surface area contributed by atoms with Crippen LogP contribution >= 0.6 is 0 Å². The monoisotopic (exact) mass is 294 g/mol. The van der Waals surface area contributed by atoms with Gasteiger partial charge in [-0.1, -0.05) is 13.8 Å². The molecule has 0 aromatic carbocycles. The van der Waals surface area contributed by atoms with Gasteiger partial charge in [-0.15, -0.1) is 0 Å². The summed E-state index contributed by atoms with van der Waals surface area (Å²) in [6.07, 6.45) is 0. The van der Waals surface area contributed by atoms with Crippen molar-refractivity contribution >= 4 is 5.91 Å². The van der Waals surface area contributed by atoms with Crippen LogP contribution in [-0.4, -0.2) is 48.4 Å². The smallest absolute Gasteiger partial charge is 0.268 e. The number of rotatable bonds is 5. The highest BCUT2D eigenvalue weighted by atomic mass is 16.3. The normalized spacial score (nSPS) is 17.4. The second-order valence-electron chi connectivity index (χ2n) is 6.13. The molecule has 6 nitrogen and oxygen atoms in total. The van der Waals surface area contributed by atoms with E-state index < -0.39 is 0 Å². The molecule has 0 aliphatic carbocycles. The van der Waals surface area contributed by atoms with Crippen molar-refractivity contribution in [3.05, 3.63) is 23.2 Å². The molecule has 3 N–H and O–H groups in total. The molecule has 2 heterocycles. The lowest BCUT2D eigenvalue weighted by Crippen LogP contribution is -2.46. The number of furan rings is 1. The topological polar surface area (TPSA) is 74.7 Å². The summed E-state index contributed by atoms with van der Waals surface area (Å²) < 4.78 is 5.66. The van der Waals surface area contributed by atoms with Crippen LogP contribution in [0.15, 0.2) is 10.5 Å². The minimum atomic E-state index is -0.302. The Balaban J connectivity index is 1.88. The van der Waals surface area contributed by atoms with Gasteiger partial charge in [-0.25, -0.2) is 5.84 Å². The minimum Gasteiger partial charge on any atom is -0.464 e. The lowest BCUT2D eigenvalue weighted by molar-refractivity contribution is 0.0952. The zero-order chi connectivity index (χ0) is 15.4. The molecule has 0 spiro atoms. The number of hydrogen-bond donors (Lipinski definition) is 2. The fraction of sp³-hybridized carbons (Fsp3) is 0.667. The van der Waals surface area contributed by atoms with Crippen molar-refractivity contribution in [3.63, 3.8) is 0 Å². The predicted octanol–water partition coefficient (Wildman–Crippen LogP) is 0.965. The molecule has 1 amide bonds. The number of hydrogen-bond acceptors (Lipinski definition) is 5. The third kappa shape index (κ3) is 4.30. The number of carbonyl (C=O) groups excluding carboxylic acids is 1. The molecule has 6 heteroatoms. The summed E-state index contributed by atoms with van der Waals surface area (Å²) >= 11 is 0. The average molecular weight is 294 g/mol. The van der Waals surface area contributed by atoms with Gasteiger partial charge in [0.05, 0.1) is 12.1 Å². The molecule has 0 radical (unpaired) electrons. The predicted molar refractivity (Wildman–Crippen MR) is 81.7 cm³/mol. The van der Waals surface area contributed by atoms with Gasteiger partial charge >= 0.3 is 0 Å². The number of nitrogens with zero attached hydrogens (tertiary/aromatic N) is 2. The molecule has 1 aromatic heterocycles. The van der Waals surface area contributed by atoms with Crippen LogP contribution in [0.2, 0.25) is 0 Å². The molecule has 1 fully saturated rings. The zero-order valence-corrected chi connectivity index (χ0v) is 13.2. The van der Waals surface area contributed by atoms with Crippen molar-refractivity contribution in [2.45, 2.75) is 27.3 Å². The summed E-state index contributed by atoms with van der Waals surface area (Å²) in [6, 6.07) is 1.79. The van der Waals surface area contributed by atoms with Crippen molar-refractivity contribution in [2.75, 3.05) is 32.7 Å². The number of aryl methyl sites for hydroxylation is 1. The van der Waals surface area contributed by atoms with Gasteiger partial charge in [-0.2, -0.15) is 0 Å². The summed E-state index contributed by atoms with van der Waals surface area (Å²) in [5.41, 5.74) is 2.66. The van der Waals surface area contributed by atoms with Crippen LogP contribution in [0.5, 0.6) is 0 Å². The van der Waals surface area contributed by atoms with E-state index in [0.717, 1.165) is 45.0 Å². The van der Waals surface area contributed by atoms with E-state index in [9.17, 15) is 4.79 Å². The lowest BCUT2D eigenvalue weighted by Gasteiger charge is -2.35. The maximum Gasteiger partial charge on any atom is 0.268 e. The quantitative estimate of drug-likeness (QED) is 0.481. The van der Waals surface area contributed by atoms with Gasteiger partial charge in [0.25, 0.3) is 5.91 Å². The fourth-order valence-corrected chi connectivity index (χ4v) is 2.79. The van der Waals surface area contributed by atoms with Gasteiger partial charge in [0.2, 0.25) is 0 Å². The highest BCUT2D eigenvalue weighted by Gasteiger charge is 2.20. The number of piperazine rings is 1. The Hall–Kier alpha value is -1.37. The van der Waals surface area contributed by atoms with Crippen molar-refractivity contribution in [2.24, 2.45) is 11.8 Å². The summed E-state index contributed by atoms with van der Waals surface area (Å²) in [7, 11) is 0. The van der Waals surface area contributed by atoms with Crippen LogP contribution in [0.3, 0.4) is 0 Å². The Bertz CT molecular complexity index is 476. The van der Waals surface area contributed by atoms with E-state index in [2.05, 4.69) is 29.1 Å². The van der Waals surface area contributed by atoms with E-state index in [4.69, 9.17) is 10.3 Å². The second kappa shape index (κ2) is 7.06. The van der Waals surface area contributed by atoms with E-state index in [1.54, 1.807) is 13.0 Å². The molecule has 1 aliphatic heterocycles. The minimum absolute atomic E-state index is 0.302. The number of carbonyl (C=O) groups is 1.